The third-order valence-corrected chi connectivity index (χ3v) is 5.19. The lowest BCUT2D eigenvalue weighted by Crippen LogP contribution is -2.42. The molecule has 0 saturated carbocycles. The van der Waals surface area contributed by atoms with Crippen molar-refractivity contribution in [1.82, 2.24) is 14.7 Å². The summed E-state index contributed by atoms with van der Waals surface area (Å²) < 4.78 is 13.4. The van der Waals surface area contributed by atoms with Crippen LogP contribution in [0.4, 0.5) is 0 Å². The summed E-state index contributed by atoms with van der Waals surface area (Å²) in [4.78, 5) is 14.6. The third kappa shape index (κ3) is 2.44. The maximum Gasteiger partial charge on any atom is 0.227 e. The van der Waals surface area contributed by atoms with Crippen LogP contribution in [0.3, 0.4) is 0 Å². The predicted molar refractivity (Wildman–Crippen MR) is 81.7 cm³/mol. The average Bonchev–Trinajstić information content (AvgIpc) is 3.16. The molecule has 22 heavy (non-hydrogen) atoms. The van der Waals surface area contributed by atoms with Crippen molar-refractivity contribution in [2.24, 2.45) is 7.05 Å². The largest absolute Gasteiger partial charge is 0.377 e. The fraction of sp³-hybridized carbons (Fsp3) is 0.750. The van der Waals surface area contributed by atoms with Crippen molar-refractivity contribution < 1.29 is 14.3 Å². The van der Waals surface area contributed by atoms with Gasteiger partial charge in [0.1, 0.15) is 11.7 Å². The van der Waals surface area contributed by atoms with Crippen molar-refractivity contribution in [2.45, 2.75) is 44.8 Å². The van der Waals surface area contributed by atoms with Gasteiger partial charge in [0, 0.05) is 38.6 Å². The van der Waals surface area contributed by atoms with E-state index in [9.17, 15) is 4.79 Å². The molecule has 0 aliphatic carbocycles. The van der Waals surface area contributed by atoms with Crippen LogP contribution in [0.5, 0.6) is 0 Å². The number of aryl methyl sites for hydroxylation is 2. The number of amides is 1. The molecule has 0 aromatic carbocycles. The minimum Gasteiger partial charge on any atom is -0.377 e. The highest BCUT2D eigenvalue weighted by Gasteiger charge is 2.51. The van der Waals surface area contributed by atoms with Gasteiger partial charge in [-0.15, -0.1) is 0 Å². The van der Waals surface area contributed by atoms with Gasteiger partial charge in [0.25, 0.3) is 0 Å². The molecule has 2 aliphatic rings. The quantitative estimate of drug-likeness (QED) is 0.835. The van der Waals surface area contributed by atoms with Gasteiger partial charge in [-0.25, -0.2) is 0 Å². The van der Waals surface area contributed by atoms with E-state index in [0.29, 0.717) is 19.5 Å². The highest BCUT2D eigenvalue weighted by Crippen LogP contribution is 2.37. The summed E-state index contributed by atoms with van der Waals surface area (Å²) in [5.74, 6) is 0.133. The molecular weight excluding hydrogens is 282 g/mol. The Balaban J connectivity index is 1.73. The first kappa shape index (κ1) is 15.5. The van der Waals surface area contributed by atoms with Crippen LogP contribution < -0.4 is 0 Å². The van der Waals surface area contributed by atoms with Crippen LogP contribution in [-0.2, 0) is 27.7 Å². The van der Waals surface area contributed by atoms with E-state index in [1.54, 1.807) is 7.11 Å². The van der Waals surface area contributed by atoms with Crippen molar-refractivity contribution in [2.75, 3.05) is 26.8 Å². The summed E-state index contributed by atoms with van der Waals surface area (Å²) in [6.07, 6.45) is 2.40. The molecule has 2 saturated heterocycles. The SMILES string of the molecule is CO[C@H]1CN(C(=O)Cc2c(C)nn(C)c2C)C[C@@]12CCCO2. The Morgan fingerprint density at radius 3 is 2.82 bits per heavy atom. The van der Waals surface area contributed by atoms with Crippen molar-refractivity contribution in [3.63, 3.8) is 0 Å². The van der Waals surface area contributed by atoms with E-state index in [-0.39, 0.29) is 17.6 Å². The summed E-state index contributed by atoms with van der Waals surface area (Å²) in [6, 6.07) is 0. The number of carbonyl (C=O) groups is 1. The number of nitrogens with zero attached hydrogens (tertiary/aromatic N) is 3. The number of carbonyl (C=O) groups excluding carboxylic acids is 1. The summed E-state index contributed by atoms with van der Waals surface area (Å²) in [5, 5.41) is 4.39. The van der Waals surface area contributed by atoms with Gasteiger partial charge in [0.05, 0.1) is 18.7 Å². The van der Waals surface area contributed by atoms with Gasteiger partial charge in [0.15, 0.2) is 0 Å². The number of aromatic nitrogens is 2. The smallest absolute Gasteiger partial charge is 0.227 e. The Hall–Kier alpha value is -1.40. The van der Waals surface area contributed by atoms with E-state index in [1.165, 1.54) is 0 Å². The minimum absolute atomic E-state index is 0.0185. The Morgan fingerprint density at radius 2 is 2.27 bits per heavy atom. The molecule has 2 aliphatic heterocycles. The molecule has 2 fully saturated rings. The van der Waals surface area contributed by atoms with E-state index < -0.39 is 0 Å². The lowest BCUT2D eigenvalue weighted by atomic mass is 9.96. The molecule has 2 atom stereocenters. The number of likely N-dealkylation sites (tertiary alicyclic amines) is 1. The molecule has 1 spiro atoms. The monoisotopic (exact) mass is 307 g/mol. The molecule has 0 bridgehead atoms. The van der Waals surface area contributed by atoms with E-state index in [1.807, 2.05) is 30.5 Å². The van der Waals surface area contributed by atoms with Gasteiger partial charge in [0.2, 0.25) is 5.91 Å². The molecular formula is C16H25N3O3. The number of hydrogen-bond donors (Lipinski definition) is 0. The van der Waals surface area contributed by atoms with Crippen LogP contribution in [0.25, 0.3) is 0 Å². The summed E-state index contributed by atoms with van der Waals surface area (Å²) in [7, 11) is 3.62. The second-order valence-corrected chi connectivity index (χ2v) is 6.47. The summed E-state index contributed by atoms with van der Waals surface area (Å²) in [5.41, 5.74) is 2.74. The highest BCUT2D eigenvalue weighted by atomic mass is 16.6. The molecule has 122 valence electrons. The second kappa shape index (κ2) is 5.66. The molecule has 1 amide bonds. The molecule has 1 aromatic heterocycles. The number of methoxy groups -OCH3 is 1. The maximum absolute atomic E-state index is 12.7. The Kier molecular flexibility index (Phi) is 3.99. The topological polar surface area (TPSA) is 56.6 Å². The maximum atomic E-state index is 12.7. The Morgan fingerprint density at radius 1 is 1.50 bits per heavy atom. The fourth-order valence-electron chi connectivity index (χ4n) is 3.77. The lowest BCUT2D eigenvalue weighted by Gasteiger charge is -2.27. The highest BCUT2D eigenvalue weighted by molar-refractivity contribution is 5.80. The van der Waals surface area contributed by atoms with E-state index >= 15 is 0 Å². The van der Waals surface area contributed by atoms with Crippen molar-refractivity contribution in [3.05, 3.63) is 17.0 Å². The standard InChI is InChI=1S/C16H25N3O3/c1-11-13(12(2)18(3)17-11)8-15(20)19-9-14(21-4)16(10-19)6-5-7-22-16/h14H,5-10H2,1-4H3/t14-,16-/m0/s1. The minimum atomic E-state index is -0.288. The average molecular weight is 307 g/mol. The number of rotatable bonds is 3. The van der Waals surface area contributed by atoms with E-state index in [0.717, 1.165) is 36.4 Å². The molecule has 1 aromatic rings. The molecule has 6 nitrogen and oxygen atoms in total. The first-order chi connectivity index (χ1) is 10.5. The molecule has 0 N–H and O–H groups in total. The molecule has 3 rings (SSSR count). The molecule has 6 heteroatoms. The van der Waals surface area contributed by atoms with E-state index in [4.69, 9.17) is 9.47 Å². The van der Waals surface area contributed by atoms with Crippen molar-refractivity contribution >= 4 is 5.91 Å². The molecule has 0 radical (unpaired) electrons. The zero-order valence-corrected chi connectivity index (χ0v) is 13.9. The van der Waals surface area contributed by atoms with E-state index in [2.05, 4.69) is 5.10 Å². The number of ether oxygens (including phenoxy) is 2. The zero-order valence-electron chi connectivity index (χ0n) is 13.9. The van der Waals surface area contributed by atoms with Gasteiger partial charge in [-0.2, -0.15) is 5.10 Å². The number of hydrogen-bond acceptors (Lipinski definition) is 4. The second-order valence-electron chi connectivity index (χ2n) is 6.47. The first-order valence-electron chi connectivity index (χ1n) is 7.90. The van der Waals surface area contributed by atoms with Gasteiger partial charge in [-0.05, 0) is 26.7 Å². The molecule has 3 heterocycles. The molecule has 0 unspecified atom stereocenters. The van der Waals surface area contributed by atoms with Gasteiger partial charge < -0.3 is 14.4 Å². The van der Waals surface area contributed by atoms with Crippen LogP contribution in [0.15, 0.2) is 0 Å². The van der Waals surface area contributed by atoms with Crippen LogP contribution >= 0.6 is 0 Å². The van der Waals surface area contributed by atoms with Gasteiger partial charge in [-0.1, -0.05) is 0 Å². The summed E-state index contributed by atoms with van der Waals surface area (Å²) in [6.45, 7) is 5.99. The fourth-order valence-corrected chi connectivity index (χ4v) is 3.77. The van der Waals surface area contributed by atoms with Crippen LogP contribution in [0, 0.1) is 13.8 Å². The Labute approximate surface area is 131 Å². The zero-order chi connectivity index (χ0) is 15.9. The first-order valence-corrected chi connectivity index (χ1v) is 7.90. The van der Waals surface area contributed by atoms with Crippen molar-refractivity contribution in [1.29, 1.82) is 0 Å². The Bertz CT molecular complexity index is 575. The normalized spacial score (nSPS) is 28.0. The third-order valence-electron chi connectivity index (χ3n) is 5.19. The van der Waals surface area contributed by atoms with Gasteiger partial charge in [-0.3, -0.25) is 9.48 Å². The predicted octanol–water partition coefficient (Wildman–Crippen LogP) is 0.986. The van der Waals surface area contributed by atoms with Crippen LogP contribution in [-0.4, -0.2) is 59.1 Å². The lowest BCUT2D eigenvalue weighted by molar-refractivity contribution is -0.130. The van der Waals surface area contributed by atoms with Crippen molar-refractivity contribution in [3.8, 4) is 0 Å². The van der Waals surface area contributed by atoms with Gasteiger partial charge >= 0.3 is 0 Å². The van der Waals surface area contributed by atoms with Crippen LogP contribution in [0.2, 0.25) is 0 Å². The summed E-state index contributed by atoms with van der Waals surface area (Å²) >= 11 is 0. The van der Waals surface area contributed by atoms with Crippen LogP contribution in [0.1, 0.15) is 29.8 Å².